The Bertz CT molecular complexity index is 782. The average molecular weight is 337 g/mol. The van der Waals surface area contributed by atoms with E-state index in [1.807, 2.05) is 18.2 Å². The smallest absolute Gasteiger partial charge is 0.161 e. The summed E-state index contributed by atoms with van der Waals surface area (Å²) in [7, 11) is -3.28. The van der Waals surface area contributed by atoms with Crippen molar-refractivity contribution in [1.82, 2.24) is 0 Å². The molecule has 1 unspecified atom stereocenters. The highest BCUT2D eigenvalue weighted by Crippen LogP contribution is 2.41. The van der Waals surface area contributed by atoms with Gasteiger partial charge in [-0.1, -0.05) is 48.0 Å². The van der Waals surface area contributed by atoms with Crippen LogP contribution in [0.3, 0.4) is 0 Å². The van der Waals surface area contributed by atoms with Gasteiger partial charge in [0, 0.05) is 5.02 Å². The van der Waals surface area contributed by atoms with E-state index in [9.17, 15) is 8.42 Å². The summed E-state index contributed by atoms with van der Waals surface area (Å²) in [5, 5.41) is 9.22. The molecule has 5 heteroatoms. The lowest BCUT2D eigenvalue weighted by molar-refractivity contribution is 0.282. The van der Waals surface area contributed by atoms with Crippen LogP contribution in [0.2, 0.25) is 5.02 Å². The Labute approximate surface area is 135 Å². The molecule has 1 aliphatic carbocycles. The van der Waals surface area contributed by atoms with Crippen LogP contribution in [0.4, 0.5) is 0 Å². The number of sulfone groups is 1. The Kier molecular flexibility index (Phi) is 4.26. The van der Waals surface area contributed by atoms with Gasteiger partial charge in [-0.25, -0.2) is 8.42 Å². The van der Waals surface area contributed by atoms with E-state index in [0.717, 1.165) is 22.3 Å². The van der Waals surface area contributed by atoms with Gasteiger partial charge in [-0.05, 0) is 41.2 Å². The first kappa shape index (κ1) is 15.5. The first-order valence-electron chi connectivity index (χ1n) is 7.19. The van der Waals surface area contributed by atoms with Crippen LogP contribution in [0.5, 0.6) is 0 Å². The molecule has 0 aromatic heterocycles. The van der Waals surface area contributed by atoms with Crippen molar-refractivity contribution < 1.29 is 13.5 Å². The Balaban J connectivity index is 1.87. The summed E-state index contributed by atoms with van der Waals surface area (Å²) in [4.78, 5) is 0. The minimum atomic E-state index is -3.28. The first-order valence-corrected chi connectivity index (χ1v) is 9.28. The minimum Gasteiger partial charge on any atom is -0.392 e. The van der Waals surface area contributed by atoms with E-state index in [1.54, 1.807) is 24.3 Å². The van der Waals surface area contributed by atoms with Crippen molar-refractivity contribution in [2.24, 2.45) is 0 Å². The molecule has 2 aromatic carbocycles. The molecular weight excluding hydrogens is 320 g/mol. The largest absolute Gasteiger partial charge is 0.392 e. The summed E-state index contributed by atoms with van der Waals surface area (Å²) in [5.74, 6) is 0.00925. The number of rotatable bonds is 4. The quantitative estimate of drug-likeness (QED) is 0.930. The number of aliphatic hydroxyl groups is 1. The molecule has 3 nitrogen and oxygen atoms in total. The predicted octanol–water partition coefficient (Wildman–Crippen LogP) is 3.43. The van der Waals surface area contributed by atoms with Crippen molar-refractivity contribution in [3.8, 4) is 0 Å². The summed E-state index contributed by atoms with van der Waals surface area (Å²) in [6, 6.07) is 12.5. The fraction of sp³-hybridized carbons (Fsp3) is 0.294. The topological polar surface area (TPSA) is 54.4 Å². The van der Waals surface area contributed by atoms with Crippen molar-refractivity contribution in [2.75, 3.05) is 0 Å². The molecule has 0 bridgehead atoms. The monoisotopic (exact) mass is 336 g/mol. The fourth-order valence-electron chi connectivity index (χ4n) is 3.02. The lowest BCUT2D eigenvalue weighted by Crippen LogP contribution is -2.13. The van der Waals surface area contributed by atoms with Crippen LogP contribution < -0.4 is 0 Å². The molecule has 0 saturated heterocycles. The molecule has 0 spiro atoms. The standard InChI is InChI=1S/C17H17ClO3S/c18-16-3-1-2-15-14(16)8-9-17(15)22(20,21)11-13-6-4-12(10-19)5-7-13/h1-7,17,19H,8-11H2. The molecule has 1 aliphatic rings. The molecule has 116 valence electrons. The van der Waals surface area contributed by atoms with Gasteiger partial charge in [0.15, 0.2) is 9.84 Å². The third-order valence-corrected chi connectivity index (χ3v) is 6.61. The summed E-state index contributed by atoms with van der Waals surface area (Å²) < 4.78 is 25.5. The molecule has 0 heterocycles. The van der Waals surface area contributed by atoms with Crippen LogP contribution >= 0.6 is 11.6 Å². The third-order valence-electron chi connectivity index (χ3n) is 4.17. The van der Waals surface area contributed by atoms with Gasteiger partial charge >= 0.3 is 0 Å². The number of hydrogen-bond donors (Lipinski definition) is 1. The van der Waals surface area contributed by atoms with Gasteiger partial charge in [-0.3, -0.25) is 0 Å². The number of fused-ring (bicyclic) bond motifs is 1. The second-order valence-corrected chi connectivity index (χ2v) is 8.21. The van der Waals surface area contributed by atoms with Gasteiger partial charge in [0.2, 0.25) is 0 Å². The average Bonchev–Trinajstić information content (AvgIpc) is 2.94. The lowest BCUT2D eigenvalue weighted by Gasteiger charge is -2.13. The van der Waals surface area contributed by atoms with E-state index in [1.165, 1.54) is 0 Å². The Morgan fingerprint density at radius 1 is 1.09 bits per heavy atom. The second-order valence-electron chi connectivity index (χ2n) is 5.62. The van der Waals surface area contributed by atoms with E-state index >= 15 is 0 Å². The van der Waals surface area contributed by atoms with Gasteiger partial charge in [-0.15, -0.1) is 0 Å². The normalized spacial score (nSPS) is 17.5. The van der Waals surface area contributed by atoms with Crippen molar-refractivity contribution in [1.29, 1.82) is 0 Å². The van der Waals surface area contributed by atoms with Gasteiger partial charge in [-0.2, -0.15) is 0 Å². The molecule has 0 aliphatic heterocycles. The zero-order valence-corrected chi connectivity index (χ0v) is 13.6. The maximum absolute atomic E-state index is 12.7. The number of halogens is 1. The summed E-state index contributed by atoms with van der Waals surface area (Å²) in [6.07, 6.45) is 1.30. The van der Waals surface area contributed by atoms with E-state index in [2.05, 4.69) is 0 Å². The van der Waals surface area contributed by atoms with Crippen molar-refractivity contribution in [3.63, 3.8) is 0 Å². The van der Waals surface area contributed by atoms with Crippen molar-refractivity contribution in [3.05, 3.63) is 69.7 Å². The Morgan fingerprint density at radius 2 is 1.77 bits per heavy atom. The summed E-state index contributed by atoms with van der Waals surface area (Å²) in [6.45, 7) is -0.0401. The van der Waals surface area contributed by atoms with E-state index in [0.29, 0.717) is 17.9 Å². The molecule has 1 N–H and O–H groups in total. The van der Waals surface area contributed by atoms with Crippen molar-refractivity contribution >= 4 is 21.4 Å². The summed E-state index contributed by atoms with van der Waals surface area (Å²) in [5.41, 5.74) is 3.33. The van der Waals surface area contributed by atoms with Crippen LogP contribution in [-0.2, 0) is 28.6 Å². The maximum Gasteiger partial charge on any atom is 0.161 e. The minimum absolute atomic E-state index is 0.00925. The van der Waals surface area contributed by atoms with E-state index in [4.69, 9.17) is 16.7 Å². The molecular formula is C17H17ClO3S. The molecule has 0 fully saturated rings. The van der Waals surface area contributed by atoms with Crippen LogP contribution in [0.15, 0.2) is 42.5 Å². The number of hydrogen-bond acceptors (Lipinski definition) is 3. The third kappa shape index (κ3) is 2.91. The highest BCUT2D eigenvalue weighted by atomic mass is 35.5. The van der Waals surface area contributed by atoms with Crippen LogP contribution in [-0.4, -0.2) is 13.5 Å². The first-order chi connectivity index (χ1) is 10.5. The Hall–Kier alpha value is -1.36. The van der Waals surface area contributed by atoms with Gasteiger partial charge < -0.3 is 5.11 Å². The fourth-order valence-corrected chi connectivity index (χ4v) is 5.24. The zero-order chi connectivity index (χ0) is 15.7. The van der Waals surface area contributed by atoms with Gasteiger partial charge in [0.1, 0.15) is 0 Å². The van der Waals surface area contributed by atoms with E-state index < -0.39 is 15.1 Å². The maximum atomic E-state index is 12.7. The molecule has 1 atom stereocenters. The molecule has 3 rings (SSSR count). The zero-order valence-electron chi connectivity index (χ0n) is 12.0. The summed E-state index contributed by atoms with van der Waals surface area (Å²) >= 11 is 6.16. The van der Waals surface area contributed by atoms with Crippen LogP contribution in [0.1, 0.15) is 33.9 Å². The highest BCUT2D eigenvalue weighted by molar-refractivity contribution is 7.90. The second kappa shape index (κ2) is 6.03. The van der Waals surface area contributed by atoms with Crippen LogP contribution in [0.25, 0.3) is 0 Å². The lowest BCUT2D eigenvalue weighted by atomic mass is 10.1. The van der Waals surface area contributed by atoms with Gasteiger partial charge in [0.05, 0.1) is 17.6 Å². The highest BCUT2D eigenvalue weighted by Gasteiger charge is 2.34. The van der Waals surface area contributed by atoms with Gasteiger partial charge in [0.25, 0.3) is 0 Å². The van der Waals surface area contributed by atoms with E-state index in [-0.39, 0.29) is 12.4 Å². The molecule has 0 amide bonds. The molecule has 0 radical (unpaired) electrons. The molecule has 0 saturated carbocycles. The van der Waals surface area contributed by atoms with Crippen LogP contribution in [0, 0.1) is 0 Å². The SMILES string of the molecule is O=S(=O)(Cc1ccc(CO)cc1)C1CCc2c(Cl)cccc21. The number of aliphatic hydroxyl groups excluding tert-OH is 1. The number of benzene rings is 2. The molecule has 22 heavy (non-hydrogen) atoms. The predicted molar refractivity (Wildman–Crippen MR) is 87.5 cm³/mol. The molecule has 2 aromatic rings. The van der Waals surface area contributed by atoms with Crippen molar-refractivity contribution in [2.45, 2.75) is 30.5 Å². The Morgan fingerprint density at radius 3 is 2.45 bits per heavy atom.